The van der Waals surface area contributed by atoms with Crippen molar-refractivity contribution in [3.05, 3.63) is 60.2 Å². The van der Waals surface area contributed by atoms with Gasteiger partial charge < -0.3 is 9.47 Å². The first-order valence-corrected chi connectivity index (χ1v) is 9.08. The zero-order valence-electron chi connectivity index (χ0n) is 14.5. The lowest BCUT2D eigenvalue weighted by Gasteiger charge is -2.38. The van der Waals surface area contributed by atoms with Gasteiger partial charge in [0.25, 0.3) is 0 Å². The Hall–Kier alpha value is -1.82. The Morgan fingerprint density at radius 1 is 1.16 bits per heavy atom. The number of nitrogens with zero attached hydrogens (tertiary/aromatic N) is 3. The normalized spacial score (nSPS) is 23.1. The molecule has 0 saturated carbocycles. The van der Waals surface area contributed by atoms with Crippen LogP contribution in [0.15, 0.2) is 48.9 Å². The molecule has 0 bridgehead atoms. The van der Waals surface area contributed by atoms with E-state index in [4.69, 9.17) is 9.47 Å². The van der Waals surface area contributed by atoms with Crippen molar-refractivity contribution in [3.63, 3.8) is 0 Å². The Morgan fingerprint density at radius 3 is 2.84 bits per heavy atom. The number of aromatic nitrogens is 2. The first kappa shape index (κ1) is 16.6. The molecule has 0 unspecified atom stereocenters. The molecule has 0 N–H and O–H groups in total. The predicted octanol–water partition coefficient (Wildman–Crippen LogP) is 2.82. The van der Waals surface area contributed by atoms with Crippen molar-refractivity contribution >= 4 is 0 Å². The Kier molecular flexibility index (Phi) is 5.06. The molecule has 132 valence electrons. The second kappa shape index (κ2) is 7.60. The minimum atomic E-state index is 0.0141. The Morgan fingerprint density at radius 2 is 2.08 bits per heavy atom. The van der Waals surface area contributed by atoms with Crippen LogP contribution in [-0.2, 0) is 22.6 Å². The first-order valence-electron chi connectivity index (χ1n) is 9.08. The van der Waals surface area contributed by atoms with E-state index in [0.29, 0.717) is 13.2 Å². The van der Waals surface area contributed by atoms with Crippen LogP contribution in [-0.4, -0.2) is 46.3 Å². The monoisotopic (exact) mass is 339 g/mol. The summed E-state index contributed by atoms with van der Waals surface area (Å²) in [4.78, 5) is 11.0. The molecule has 2 saturated heterocycles. The lowest BCUT2D eigenvalue weighted by atomic mass is 9.88. The van der Waals surface area contributed by atoms with Crippen molar-refractivity contribution < 1.29 is 9.47 Å². The van der Waals surface area contributed by atoms with Gasteiger partial charge in [0.15, 0.2) is 0 Å². The van der Waals surface area contributed by atoms with Crippen molar-refractivity contribution in [2.45, 2.75) is 44.1 Å². The Labute approximate surface area is 149 Å². The highest BCUT2D eigenvalue weighted by molar-refractivity contribution is 5.09. The number of hydrogen-bond donors (Lipinski definition) is 0. The first-order chi connectivity index (χ1) is 12.3. The van der Waals surface area contributed by atoms with Gasteiger partial charge in [0.1, 0.15) is 0 Å². The van der Waals surface area contributed by atoms with Gasteiger partial charge in [-0.15, -0.1) is 0 Å². The van der Waals surface area contributed by atoms with Crippen molar-refractivity contribution in [2.75, 3.05) is 19.7 Å². The third kappa shape index (κ3) is 4.24. The molecule has 0 aliphatic carbocycles. The van der Waals surface area contributed by atoms with Crippen molar-refractivity contribution in [2.24, 2.45) is 0 Å². The SMILES string of the molecule is c1ccc(CO[C@@H]2COC3(CCN(Cc4cccnc4)CC3)C2)nc1. The molecule has 0 aromatic carbocycles. The smallest absolute Gasteiger partial charge is 0.0892 e. The average Bonchev–Trinajstić information content (AvgIpc) is 3.07. The maximum atomic E-state index is 6.20. The van der Waals surface area contributed by atoms with Crippen molar-refractivity contribution in [1.82, 2.24) is 14.9 Å². The van der Waals surface area contributed by atoms with Crippen LogP contribution < -0.4 is 0 Å². The van der Waals surface area contributed by atoms with Crippen LogP contribution in [0.5, 0.6) is 0 Å². The van der Waals surface area contributed by atoms with Gasteiger partial charge in [-0.2, -0.15) is 0 Å². The maximum absolute atomic E-state index is 6.20. The van der Waals surface area contributed by atoms with E-state index < -0.39 is 0 Å². The van der Waals surface area contributed by atoms with Crippen LogP contribution in [0.1, 0.15) is 30.5 Å². The molecule has 1 spiro atoms. The van der Waals surface area contributed by atoms with Gasteiger partial charge in [0.2, 0.25) is 0 Å². The van der Waals surface area contributed by atoms with E-state index in [2.05, 4.69) is 20.9 Å². The van der Waals surface area contributed by atoms with Gasteiger partial charge in [-0.1, -0.05) is 12.1 Å². The topological polar surface area (TPSA) is 47.5 Å². The summed E-state index contributed by atoms with van der Waals surface area (Å²) in [7, 11) is 0. The van der Waals surface area contributed by atoms with E-state index in [1.807, 2.05) is 42.9 Å². The molecule has 25 heavy (non-hydrogen) atoms. The van der Waals surface area contributed by atoms with Crippen LogP contribution in [0.4, 0.5) is 0 Å². The minimum Gasteiger partial charge on any atom is -0.372 e. The lowest BCUT2D eigenvalue weighted by Crippen LogP contribution is -2.43. The van der Waals surface area contributed by atoms with Crippen LogP contribution in [0.3, 0.4) is 0 Å². The molecule has 2 aliphatic rings. The van der Waals surface area contributed by atoms with Crippen LogP contribution in [0.2, 0.25) is 0 Å². The van der Waals surface area contributed by atoms with E-state index in [9.17, 15) is 0 Å². The highest BCUT2D eigenvalue weighted by Crippen LogP contribution is 2.37. The molecule has 4 rings (SSSR count). The quantitative estimate of drug-likeness (QED) is 0.838. The van der Waals surface area contributed by atoms with E-state index in [1.165, 1.54) is 5.56 Å². The summed E-state index contributed by atoms with van der Waals surface area (Å²) in [6.07, 6.45) is 8.94. The predicted molar refractivity (Wildman–Crippen MR) is 94.9 cm³/mol. The van der Waals surface area contributed by atoms with E-state index in [-0.39, 0.29) is 11.7 Å². The average molecular weight is 339 g/mol. The number of rotatable bonds is 5. The highest BCUT2D eigenvalue weighted by Gasteiger charge is 2.43. The number of likely N-dealkylation sites (tertiary alicyclic amines) is 1. The van der Waals surface area contributed by atoms with Gasteiger partial charge in [0, 0.05) is 44.6 Å². The highest BCUT2D eigenvalue weighted by atomic mass is 16.6. The molecule has 2 fully saturated rings. The van der Waals surface area contributed by atoms with E-state index in [0.717, 1.165) is 44.6 Å². The van der Waals surface area contributed by atoms with Crippen LogP contribution in [0.25, 0.3) is 0 Å². The Bertz CT molecular complexity index is 657. The zero-order valence-corrected chi connectivity index (χ0v) is 14.5. The fourth-order valence-electron chi connectivity index (χ4n) is 3.81. The van der Waals surface area contributed by atoms with Gasteiger partial charge in [-0.3, -0.25) is 14.9 Å². The number of pyridine rings is 2. The molecule has 0 radical (unpaired) electrons. The second-order valence-corrected chi connectivity index (χ2v) is 7.09. The molecule has 2 aliphatic heterocycles. The van der Waals surface area contributed by atoms with Gasteiger partial charge >= 0.3 is 0 Å². The largest absolute Gasteiger partial charge is 0.372 e. The van der Waals surface area contributed by atoms with Crippen molar-refractivity contribution in [3.8, 4) is 0 Å². The van der Waals surface area contributed by atoms with Gasteiger partial charge in [0.05, 0.1) is 30.6 Å². The molecule has 2 aromatic rings. The van der Waals surface area contributed by atoms with Gasteiger partial charge in [-0.25, -0.2) is 0 Å². The fraction of sp³-hybridized carbons (Fsp3) is 0.500. The summed E-state index contributed by atoms with van der Waals surface area (Å²) >= 11 is 0. The fourth-order valence-corrected chi connectivity index (χ4v) is 3.81. The number of hydrogen-bond acceptors (Lipinski definition) is 5. The third-order valence-electron chi connectivity index (χ3n) is 5.26. The zero-order chi connectivity index (χ0) is 17.0. The summed E-state index contributed by atoms with van der Waals surface area (Å²) in [6, 6.07) is 10.1. The summed E-state index contributed by atoms with van der Waals surface area (Å²) in [5.74, 6) is 0. The van der Waals surface area contributed by atoms with Crippen LogP contribution in [0, 0.1) is 0 Å². The number of piperidine rings is 1. The molecular weight excluding hydrogens is 314 g/mol. The third-order valence-corrected chi connectivity index (χ3v) is 5.26. The molecule has 1 atom stereocenters. The molecule has 2 aromatic heterocycles. The molecule has 5 heteroatoms. The lowest BCUT2D eigenvalue weighted by molar-refractivity contribution is -0.0468. The summed E-state index contributed by atoms with van der Waals surface area (Å²) in [5.41, 5.74) is 2.28. The second-order valence-electron chi connectivity index (χ2n) is 7.09. The summed E-state index contributed by atoms with van der Waals surface area (Å²) in [6.45, 7) is 4.39. The molecule has 4 heterocycles. The molecule has 5 nitrogen and oxygen atoms in total. The van der Waals surface area contributed by atoms with E-state index in [1.54, 1.807) is 0 Å². The Balaban J connectivity index is 1.24. The van der Waals surface area contributed by atoms with Crippen LogP contribution >= 0.6 is 0 Å². The van der Waals surface area contributed by atoms with E-state index >= 15 is 0 Å². The van der Waals surface area contributed by atoms with Gasteiger partial charge in [-0.05, 0) is 36.6 Å². The number of ether oxygens (including phenoxy) is 2. The van der Waals surface area contributed by atoms with Crippen molar-refractivity contribution in [1.29, 1.82) is 0 Å². The molecular formula is C20H25N3O2. The summed E-state index contributed by atoms with van der Waals surface area (Å²) in [5, 5.41) is 0. The standard InChI is InChI=1S/C20H25N3O2/c1-2-9-22-18(5-1)15-24-19-12-20(25-16-19)6-10-23(11-7-20)14-17-4-3-8-21-13-17/h1-5,8-9,13,19H,6-7,10-12,14-16H2/t19-/m0/s1. The summed E-state index contributed by atoms with van der Waals surface area (Å²) < 4.78 is 12.2. The minimum absolute atomic E-state index is 0.0141. The molecule has 0 amide bonds. The maximum Gasteiger partial charge on any atom is 0.0892 e.